The van der Waals surface area contributed by atoms with Crippen LogP contribution in [-0.2, 0) is 30.4 Å². The van der Waals surface area contributed by atoms with Crippen molar-refractivity contribution >= 4 is 35.2 Å². The van der Waals surface area contributed by atoms with E-state index in [0.717, 1.165) is 0 Å². The summed E-state index contributed by atoms with van der Waals surface area (Å²) in [6, 6.07) is 4.92. The zero-order valence-electron chi connectivity index (χ0n) is 23.7. The van der Waals surface area contributed by atoms with Crippen LogP contribution in [0.25, 0.3) is 0 Å². The predicted molar refractivity (Wildman–Crippen MR) is 151 cm³/mol. The third kappa shape index (κ3) is 10.8. The Bertz CT molecular complexity index is 1190. The quantitative estimate of drug-likeness (QED) is 0.134. The van der Waals surface area contributed by atoms with Crippen LogP contribution in [0, 0.1) is 5.41 Å². The number of hydrogen-bond acceptors (Lipinski definition) is 8. The molecule has 12 nitrogen and oxygen atoms in total. The van der Waals surface area contributed by atoms with Gasteiger partial charge < -0.3 is 31.7 Å². The van der Waals surface area contributed by atoms with Crippen molar-refractivity contribution in [1.29, 1.82) is 0 Å². The van der Waals surface area contributed by atoms with Gasteiger partial charge in [-0.2, -0.15) is 0 Å². The van der Waals surface area contributed by atoms with Crippen LogP contribution in [0.4, 0.5) is 0 Å². The number of ketones is 1. The molecule has 0 fully saturated rings. The molecule has 1 aliphatic carbocycles. The van der Waals surface area contributed by atoms with Crippen molar-refractivity contribution in [1.82, 2.24) is 10.6 Å². The van der Waals surface area contributed by atoms with Crippen molar-refractivity contribution in [2.24, 2.45) is 16.1 Å². The van der Waals surface area contributed by atoms with Gasteiger partial charge in [-0.15, -0.1) is 0 Å². The van der Waals surface area contributed by atoms with Crippen LogP contribution in [-0.4, -0.2) is 75.2 Å². The van der Waals surface area contributed by atoms with Gasteiger partial charge in [-0.05, 0) is 37.2 Å². The highest BCUT2D eigenvalue weighted by Crippen LogP contribution is 2.36. The van der Waals surface area contributed by atoms with Gasteiger partial charge in [-0.3, -0.25) is 24.2 Å². The second-order valence-electron chi connectivity index (χ2n) is 11.1. The van der Waals surface area contributed by atoms with Gasteiger partial charge >= 0.3 is 11.9 Å². The van der Waals surface area contributed by atoms with Crippen LogP contribution in [0.5, 0.6) is 0 Å². The number of rotatable bonds is 15. The topological polar surface area (TPSA) is 208 Å². The van der Waals surface area contributed by atoms with E-state index in [4.69, 9.17) is 10.8 Å². The summed E-state index contributed by atoms with van der Waals surface area (Å²) in [5.74, 6) is -4.44. The smallest absolute Gasteiger partial charge is 0.326 e. The Hall–Kier alpha value is -4.06. The molecule has 224 valence electrons. The minimum Gasteiger partial charge on any atom is -0.511 e. The van der Waals surface area contributed by atoms with Crippen LogP contribution < -0.4 is 16.4 Å². The fourth-order valence-electron chi connectivity index (χ4n) is 4.62. The number of aliphatic hydroxyl groups is 1. The number of allylic oxidation sites excluding steroid dienone is 2. The van der Waals surface area contributed by atoms with Gasteiger partial charge in [-0.25, -0.2) is 4.79 Å². The van der Waals surface area contributed by atoms with Crippen molar-refractivity contribution in [3.05, 3.63) is 47.2 Å². The number of nitrogens with zero attached hydrogens (tertiary/aromatic N) is 1. The number of aliphatic hydroxyl groups excluding tert-OH is 1. The zero-order chi connectivity index (χ0) is 30.7. The highest BCUT2D eigenvalue weighted by Gasteiger charge is 2.34. The molecule has 0 spiro atoms. The third-order valence-corrected chi connectivity index (χ3v) is 6.73. The summed E-state index contributed by atoms with van der Waals surface area (Å²) < 4.78 is 0. The molecule has 0 heterocycles. The summed E-state index contributed by atoms with van der Waals surface area (Å²) in [6.07, 6.45) is 1.32. The summed E-state index contributed by atoms with van der Waals surface area (Å²) >= 11 is 0. The fraction of sp³-hybridized carbons (Fsp3) is 0.517. The predicted octanol–water partition coefficient (Wildman–Crippen LogP) is 1.92. The van der Waals surface area contributed by atoms with E-state index in [9.17, 15) is 34.2 Å². The minimum atomic E-state index is -1.67. The number of hydrogen-bond donors (Lipinski definition) is 6. The number of carbonyl (C=O) groups excluding carboxylic acids is 3. The van der Waals surface area contributed by atoms with Crippen molar-refractivity contribution in [2.45, 2.75) is 83.8 Å². The van der Waals surface area contributed by atoms with Crippen molar-refractivity contribution in [3.8, 4) is 0 Å². The third-order valence-electron chi connectivity index (χ3n) is 6.73. The lowest BCUT2D eigenvalue weighted by molar-refractivity contribution is -0.147. The lowest BCUT2D eigenvalue weighted by atomic mass is 9.76. The van der Waals surface area contributed by atoms with Gasteiger partial charge in [0.05, 0.1) is 18.0 Å². The zero-order valence-corrected chi connectivity index (χ0v) is 23.7. The summed E-state index contributed by atoms with van der Waals surface area (Å²) in [5.41, 5.74) is 7.21. The van der Waals surface area contributed by atoms with Gasteiger partial charge in [0.15, 0.2) is 5.78 Å². The monoisotopic (exact) mass is 572 g/mol. The van der Waals surface area contributed by atoms with E-state index in [0.29, 0.717) is 43.5 Å². The first-order valence-corrected chi connectivity index (χ1v) is 13.5. The maximum Gasteiger partial charge on any atom is 0.326 e. The number of Topliss-reactive ketones (excluding diaryl/α,β-unsaturated/α-hetero) is 1. The number of amides is 2. The molecule has 0 radical (unpaired) electrons. The SMILES string of the molecule is CC(=NCCCC[C@H](N)C(=O)N[C@H](Cc1ccccc1)C(=O)N[C@@H](CC(=O)O)C(=O)O)C1=C(O)CC(C)(C)CC1=O. The first-order valence-electron chi connectivity index (χ1n) is 13.5. The van der Waals surface area contributed by atoms with E-state index in [2.05, 4.69) is 15.6 Å². The van der Waals surface area contributed by atoms with Crippen LogP contribution >= 0.6 is 0 Å². The molecule has 0 saturated carbocycles. The highest BCUT2D eigenvalue weighted by atomic mass is 16.4. The van der Waals surface area contributed by atoms with E-state index in [1.54, 1.807) is 37.3 Å². The van der Waals surface area contributed by atoms with Crippen molar-refractivity contribution in [3.63, 3.8) is 0 Å². The average molecular weight is 573 g/mol. The summed E-state index contributed by atoms with van der Waals surface area (Å²) in [4.78, 5) is 65.0. The molecule has 1 aliphatic rings. The molecular weight excluding hydrogens is 532 g/mol. The Morgan fingerprint density at radius 2 is 1.63 bits per heavy atom. The molecule has 1 aromatic carbocycles. The van der Waals surface area contributed by atoms with Crippen LogP contribution in [0.3, 0.4) is 0 Å². The largest absolute Gasteiger partial charge is 0.511 e. The second-order valence-corrected chi connectivity index (χ2v) is 11.1. The van der Waals surface area contributed by atoms with Crippen molar-refractivity contribution in [2.75, 3.05) is 6.54 Å². The molecule has 2 rings (SSSR count). The Balaban J connectivity index is 1.96. The molecule has 0 saturated heterocycles. The number of aliphatic imine (C=N–C) groups is 1. The second kappa shape index (κ2) is 15.1. The van der Waals surface area contributed by atoms with Crippen molar-refractivity contribution < 1.29 is 39.3 Å². The van der Waals surface area contributed by atoms with Gasteiger partial charge in [0.1, 0.15) is 17.8 Å². The number of carbonyl (C=O) groups is 5. The number of nitrogens with two attached hydrogens (primary N) is 1. The first-order chi connectivity index (χ1) is 19.2. The molecule has 1 aromatic rings. The molecule has 0 bridgehead atoms. The Kier molecular flexibility index (Phi) is 12.2. The molecule has 3 atom stereocenters. The molecule has 7 N–H and O–H groups in total. The molecular formula is C29H40N4O8. The Morgan fingerprint density at radius 1 is 1.00 bits per heavy atom. The number of carboxylic acid groups (broad SMARTS) is 2. The standard InChI is InChI=1S/C29H40N4O8/c1-17(25-22(34)15-29(2,3)16-23(25)35)31-12-8-7-11-19(30)26(38)32-20(13-18-9-5-4-6-10-18)27(39)33-21(28(40)41)14-24(36)37/h4-6,9-10,19-21,34H,7-8,11-16,30H2,1-3H3,(H,32,38)(H,33,39)(H,36,37)(H,40,41)/t19-,20+,21-/m0/s1. The summed E-state index contributed by atoms with van der Waals surface area (Å²) in [7, 11) is 0. The Morgan fingerprint density at radius 3 is 2.22 bits per heavy atom. The molecule has 0 aromatic heterocycles. The molecule has 2 amide bonds. The molecule has 0 unspecified atom stereocenters. The lowest BCUT2D eigenvalue weighted by Gasteiger charge is -2.29. The first kappa shape index (κ1) is 33.1. The van der Waals surface area contributed by atoms with E-state index in [1.165, 1.54) is 0 Å². The van der Waals surface area contributed by atoms with Crippen LogP contribution in [0.1, 0.15) is 64.9 Å². The van der Waals surface area contributed by atoms with E-state index < -0.39 is 48.3 Å². The summed E-state index contributed by atoms with van der Waals surface area (Å²) in [6.45, 7) is 5.90. The molecule has 0 aliphatic heterocycles. The average Bonchev–Trinajstić information content (AvgIpc) is 2.86. The van der Waals surface area contributed by atoms with E-state index >= 15 is 0 Å². The maximum atomic E-state index is 12.9. The molecule has 41 heavy (non-hydrogen) atoms. The van der Waals surface area contributed by atoms with Gasteiger partial charge in [0, 0.05) is 31.5 Å². The normalized spacial score (nSPS) is 17.4. The number of aliphatic carboxylic acids is 2. The number of nitrogens with one attached hydrogen (secondary N) is 2. The number of carboxylic acids is 2. The van der Waals surface area contributed by atoms with Gasteiger partial charge in [-0.1, -0.05) is 44.2 Å². The van der Waals surface area contributed by atoms with Crippen LogP contribution in [0.2, 0.25) is 0 Å². The highest BCUT2D eigenvalue weighted by molar-refractivity contribution is 6.22. The number of benzene rings is 1. The van der Waals surface area contributed by atoms with Gasteiger partial charge in [0.25, 0.3) is 0 Å². The fourth-order valence-corrected chi connectivity index (χ4v) is 4.62. The minimum absolute atomic E-state index is 0.0388. The van der Waals surface area contributed by atoms with Crippen LogP contribution in [0.15, 0.2) is 46.7 Å². The molecule has 12 heteroatoms. The van der Waals surface area contributed by atoms with E-state index in [1.807, 2.05) is 13.8 Å². The summed E-state index contributed by atoms with van der Waals surface area (Å²) in [5, 5.41) is 33.3. The lowest BCUT2D eigenvalue weighted by Crippen LogP contribution is -2.55. The number of unbranched alkanes of at least 4 members (excludes halogenated alkanes) is 1. The van der Waals surface area contributed by atoms with E-state index in [-0.39, 0.29) is 35.4 Å². The Labute approximate surface area is 239 Å². The van der Waals surface area contributed by atoms with Gasteiger partial charge in [0.2, 0.25) is 11.8 Å². The maximum absolute atomic E-state index is 12.9.